The zero-order valence-corrected chi connectivity index (χ0v) is 14.4. The van der Waals surface area contributed by atoms with Crippen LogP contribution in [0.15, 0.2) is 28.6 Å². The predicted octanol–water partition coefficient (Wildman–Crippen LogP) is 5.30. The van der Waals surface area contributed by atoms with Gasteiger partial charge in [0.15, 0.2) is 5.13 Å². The second kappa shape index (κ2) is 6.89. The first-order chi connectivity index (χ1) is 9.22. The molecule has 0 saturated carbocycles. The van der Waals surface area contributed by atoms with Crippen molar-refractivity contribution in [1.82, 2.24) is 4.98 Å². The molecule has 3 nitrogen and oxygen atoms in total. The van der Waals surface area contributed by atoms with E-state index in [-0.39, 0.29) is 17.0 Å². The number of rotatable bonds is 2. The van der Waals surface area contributed by atoms with Crippen LogP contribution in [0.1, 0.15) is 12.8 Å². The van der Waals surface area contributed by atoms with Gasteiger partial charge in [0.1, 0.15) is 5.84 Å². The van der Waals surface area contributed by atoms with Gasteiger partial charge in [0.05, 0.1) is 10.7 Å². The monoisotopic (exact) mass is 391 g/mol. The molecule has 2 heterocycles. The summed E-state index contributed by atoms with van der Waals surface area (Å²) < 4.78 is 0. The molecule has 0 aliphatic carbocycles. The number of benzene rings is 1. The highest BCUT2D eigenvalue weighted by molar-refractivity contribution is 8.93. The van der Waals surface area contributed by atoms with Gasteiger partial charge in [0.2, 0.25) is 0 Å². The van der Waals surface area contributed by atoms with Crippen LogP contribution in [-0.2, 0) is 0 Å². The van der Waals surface area contributed by atoms with Gasteiger partial charge in [-0.3, -0.25) is 4.99 Å². The van der Waals surface area contributed by atoms with E-state index in [4.69, 9.17) is 23.2 Å². The van der Waals surface area contributed by atoms with Gasteiger partial charge in [-0.25, -0.2) is 4.98 Å². The topological polar surface area (TPSA) is 37.3 Å². The lowest BCUT2D eigenvalue weighted by Gasteiger charge is -2.02. The minimum absolute atomic E-state index is 0. The Bertz CT molecular complexity index is 642. The summed E-state index contributed by atoms with van der Waals surface area (Å²) in [5.74, 6) is 1.02. The van der Waals surface area contributed by atoms with Gasteiger partial charge < -0.3 is 5.32 Å². The van der Waals surface area contributed by atoms with E-state index in [0.29, 0.717) is 10.0 Å². The van der Waals surface area contributed by atoms with Crippen molar-refractivity contribution in [3.63, 3.8) is 0 Å². The molecular formula is C13H12BrCl2N3S. The average Bonchev–Trinajstić information content (AvgIpc) is 3.01. The van der Waals surface area contributed by atoms with Gasteiger partial charge >= 0.3 is 0 Å². The molecule has 0 amide bonds. The highest BCUT2D eigenvalue weighted by atomic mass is 79.9. The maximum absolute atomic E-state index is 6.18. The van der Waals surface area contributed by atoms with E-state index in [9.17, 15) is 0 Å². The number of amidine groups is 1. The maximum Gasteiger partial charge on any atom is 0.188 e. The standard InChI is InChI=1S/C13H11Cl2N3S.BrH/c14-8-3-4-9(10(15)6-8)11-7-19-13(17-11)18-12-2-1-5-16-12;/h3-4,6-7H,1-2,5H2,(H,16,17,18);1H. The van der Waals surface area contributed by atoms with Crippen LogP contribution in [0, 0.1) is 0 Å². The van der Waals surface area contributed by atoms with Crippen LogP contribution < -0.4 is 5.32 Å². The van der Waals surface area contributed by atoms with Gasteiger partial charge in [-0.1, -0.05) is 23.2 Å². The molecule has 20 heavy (non-hydrogen) atoms. The fourth-order valence-corrected chi connectivity index (χ4v) is 3.15. The van der Waals surface area contributed by atoms with Crippen molar-refractivity contribution in [2.75, 3.05) is 11.9 Å². The Labute approximate surface area is 141 Å². The minimum Gasteiger partial charge on any atom is -0.320 e. The van der Waals surface area contributed by atoms with Crippen LogP contribution in [0.2, 0.25) is 10.0 Å². The second-order valence-electron chi connectivity index (χ2n) is 4.22. The van der Waals surface area contributed by atoms with Crippen LogP contribution in [0.3, 0.4) is 0 Å². The molecule has 1 aliphatic heterocycles. The van der Waals surface area contributed by atoms with E-state index in [0.717, 1.165) is 41.6 Å². The van der Waals surface area contributed by atoms with Crippen molar-refractivity contribution < 1.29 is 0 Å². The third-order valence-electron chi connectivity index (χ3n) is 2.84. The van der Waals surface area contributed by atoms with Crippen molar-refractivity contribution in [2.45, 2.75) is 12.8 Å². The smallest absolute Gasteiger partial charge is 0.188 e. The largest absolute Gasteiger partial charge is 0.320 e. The lowest BCUT2D eigenvalue weighted by atomic mass is 10.2. The number of halogens is 3. The fraction of sp³-hybridized carbons (Fsp3) is 0.231. The van der Waals surface area contributed by atoms with E-state index in [1.54, 1.807) is 17.4 Å². The van der Waals surface area contributed by atoms with Gasteiger partial charge in [0, 0.05) is 28.9 Å². The molecule has 106 valence electrons. The summed E-state index contributed by atoms with van der Waals surface area (Å²) in [6.45, 7) is 0.906. The number of aliphatic imine (C=N–C) groups is 1. The Morgan fingerprint density at radius 2 is 2.10 bits per heavy atom. The summed E-state index contributed by atoms with van der Waals surface area (Å²) in [7, 11) is 0. The first-order valence-electron chi connectivity index (χ1n) is 5.94. The van der Waals surface area contributed by atoms with Gasteiger partial charge in [-0.15, -0.1) is 28.3 Å². The van der Waals surface area contributed by atoms with Crippen molar-refractivity contribution >= 4 is 62.5 Å². The Morgan fingerprint density at radius 1 is 1.25 bits per heavy atom. The third-order valence-corrected chi connectivity index (χ3v) is 4.14. The van der Waals surface area contributed by atoms with Crippen LogP contribution in [0.4, 0.5) is 5.13 Å². The first kappa shape index (κ1) is 15.8. The van der Waals surface area contributed by atoms with Gasteiger partial charge in [0.25, 0.3) is 0 Å². The fourth-order valence-electron chi connectivity index (χ4n) is 1.92. The van der Waals surface area contributed by atoms with Crippen LogP contribution in [0.5, 0.6) is 0 Å². The molecule has 0 unspecified atom stereocenters. The molecule has 0 fully saturated rings. The zero-order valence-electron chi connectivity index (χ0n) is 10.4. The Kier molecular flexibility index (Phi) is 5.43. The molecular weight excluding hydrogens is 381 g/mol. The van der Waals surface area contributed by atoms with E-state index in [2.05, 4.69) is 15.3 Å². The lowest BCUT2D eigenvalue weighted by Crippen LogP contribution is -2.07. The Morgan fingerprint density at radius 3 is 2.80 bits per heavy atom. The summed E-state index contributed by atoms with van der Waals surface area (Å²) in [6, 6.07) is 5.43. The highest BCUT2D eigenvalue weighted by Gasteiger charge is 2.11. The van der Waals surface area contributed by atoms with E-state index >= 15 is 0 Å². The van der Waals surface area contributed by atoms with E-state index < -0.39 is 0 Å². The maximum atomic E-state index is 6.18. The number of thiazole rings is 1. The minimum atomic E-state index is 0. The molecule has 0 atom stereocenters. The average molecular weight is 393 g/mol. The van der Waals surface area contributed by atoms with Gasteiger partial charge in [-0.2, -0.15) is 0 Å². The predicted molar refractivity (Wildman–Crippen MR) is 93.1 cm³/mol. The zero-order chi connectivity index (χ0) is 13.2. The number of nitrogens with one attached hydrogen (secondary N) is 1. The molecule has 0 saturated heterocycles. The molecule has 1 aromatic heterocycles. The number of nitrogens with zero attached hydrogens (tertiary/aromatic N) is 2. The summed E-state index contributed by atoms with van der Waals surface area (Å²) >= 11 is 13.6. The normalized spacial score (nSPS) is 13.8. The Balaban J connectivity index is 0.00000147. The van der Waals surface area contributed by atoms with Crippen molar-refractivity contribution in [1.29, 1.82) is 0 Å². The number of hydrogen-bond donors (Lipinski definition) is 1. The van der Waals surface area contributed by atoms with Crippen molar-refractivity contribution in [3.8, 4) is 11.3 Å². The number of hydrogen-bond acceptors (Lipinski definition) is 4. The van der Waals surface area contributed by atoms with Crippen LogP contribution in [-0.4, -0.2) is 17.4 Å². The lowest BCUT2D eigenvalue weighted by molar-refractivity contribution is 0.951. The van der Waals surface area contributed by atoms with Gasteiger partial charge in [-0.05, 0) is 24.6 Å². The highest BCUT2D eigenvalue weighted by Crippen LogP contribution is 2.32. The second-order valence-corrected chi connectivity index (χ2v) is 5.92. The first-order valence-corrected chi connectivity index (χ1v) is 7.57. The summed E-state index contributed by atoms with van der Waals surface area (Å²) in [4.78, 5) is 8.90. The summed E-state index contributed by atoms with van der Waals surface area (Å²) in [6.07, 6.45) is 2.11. The third kappa shape index (κ3) is 3.52. The number of aromatic nitrogens is 1. The van der Waals surface area contributed by atoms with Crippen LogP contribution >= 0.6 is 51.5 Å². The molecule has 0 spiro atoms. The number of anilines is 1. The SMILES string of the molecule is Br.Clc1ccc(-c2csc(NC3=NCCC3)n2)c(Cl)c1. The molecule has 1 aliphatic rings. The summed E-state index contributed by atoms with van der Waals surface area (Å²) in [5.41, 5.74) is 1.75. The molecule has 0 radical (unpaired) electrons. The summed E-state index contributed by atoms with van der Waals surface area (Å²) in [5, 5.41) is 7.32. The molecule has 3 rings (SSSR count). The van der Waals surface area contributed by atoms with Crippen molar-refractivity contribution in [3.05, 3.63) is 33.6 Å². The molecule has 0 bridgehead atoms. The molecule has 1 N–H and O–H groups in total. The van der Waals surface area contributed by atoms with E-state index in [1.165, 1.54) is 0 Å². The van der Waals surface area contributed by atoms with E-state index in [1.807, 2.05) is 17.5 Å². The Hall–Kier alpha value is -0.620. The molecule has 2 aromatic rings. The quantitative estimate of drug-likeness (QED) is 0.752. The molecule has 7 heteroatoms. The van der Waals surface area contributed by atoms with Crippen LogP contribution in [0.25, 0.3) is 11.3 Å². The van der Waals surface area contributed by atoms with Crippen molar-refractivity contribution in [2.24, 2.45) is 4.99 Å². The molecule has 1 aromatic carbocycles.